The Morgan fingerprint density at radius 2 is 1.70 bits per heavy atom. The summed E-state index contributed by atoms with van der Waals surface area (Å²) in [6.45, 7) is -2.78. The molecule has 3 aromatic rings. The maximum atomic E-state index is 13.0. The molecular weight excluding hydrogens is 377 g/mol. The maximum absolute atomic E-state index is 13.0. The van der Waals surface area contributed by atoms with E-state index in [1.165, 1.54) is 54.9 Å². The van der Waals surface area contributed by atoms with Crippen LogP contribution in [0.4, 0.5) is 18.9 Å². The van der Waals surface area contributed by atoms with Gasteiger partial charge in [0.25, 0.3) is 5.91 Å². The molecule has 0 fully saturated rings. The van der Waals surface area contributed by atoms with Crippen LogP contribution in [-0.4, -0.2) is 17.9 Å². The average molecular weight is 394 g/mol. The molecule has 0 aliphatic rings. The third kappa shape index (κ3) is 4.28. The molecule has 1 aromatic heterocycles. The van der Waals surface area contributed by atoms with Crippen molar-refractivity contribution in [2.24, 2.45) is 0 Å². The van der Waals surface area contributed by atoms with Crippen molar-refractivity contribution in [3.8, 4) is 11.1 Å². The molecule has 0 aliphatic heterocycles. The van der Waals surface area contributed by atoms with E-state index in [-0.39, 0.29) is 11.3 Å². The SMILES string of the molecule is [2H]C([2H])([2H])N(C(=O)c1cncc(-c2ccc(C(F)(F)F)cc2)c1)c1ccc(Cl)cc1. The zero-order chi connectivity index (χ0) is 22.1. The second-order valence-corrected chi connectivity index (χ2v) is 6.09. The second-order valence-electron chi connectivity index (χ2n) is 5.65. The number of anilines is 1. The number of hydrogen-bond acceptors (Lipinski definition) is 2. The summed E-state index contributed by atoms with van der Waals surface area (Å²) in [6, 6.07) is 11.5. The molecule has 0 atom stereocenters. The van der Waals surface area contributed by atoms with Crippen molar-refractivity contribution in [3.05, 3.63) is 83.1 Å². The van der Waals surface area contributed by atoms with Crippen molar-refractivity contribution in [2.75, 3.05) is 11.9 Å². The minimum atomic E-state index is -4.46. The summed E-state index contributed by atoms with van der Waals surface area (Å²) in [7, 11) is 0. The first-order chi connectivity index (χ1) is 14.0. The summed E-state index contributed by atoms with van der Waals surface area (Å²) < 4.78 is 61.5. The van der Waals surface area contributed by atoms with Crippen LogP contribution in [0.1, 0.15) is 20.0 Å². The standard InChI is InChI=1S/C20H14ClF3N2O/c1-26(18-8-6-17(21)7-9-18)19(27)15-10-14(11-25-12-15)13-2-4-16(5-3-13)20(22,23)24/h2-12H,1H3/i1D3. The fraction of sp³-hybridized carbons (Fsp3) is 0.100. The van der Waals surface area contributed by atoms with E-state index in [1.807, 2.05) is 0 Å². The van der Waals surface area contributed by atoms with Crippen LogP contribution in [0.2, 0.25) is 5.02 Å². The molecule has 1 heterocycles. The third-order valence-electron chi connectivity index (χ3n) is 3.82. The van der Waals surface area contributed by atoms with Gasteiger partial charge in [0, 0.05) is 39.8 Å². The Morgan fingerprint density at radius 1 is 1.04 bits per heavy atom. The quantitative estimate of drug-likeness (QED) is 0.572. The topological polar surface area (TPSA) is 33.2 Å². The number of benzene rings is 2. The normalized spacial score (nSPS) is 13.4. The molecule has 7 heteroatoms. The lowest BCUT2D eigenvalue weighted by molar-refractivity contribution is -0.137. The molecule has 138 valence electrons. The van der Waals surface area contributed by atoms with Crippen LogP contribution < -0.4 is 4.90 Å². The summed E-state index contributed by atoms with van der Waals surface area (Å²) in [4.78, 5) is 17.6. The minimum absolute atomic E-state index is 0.0292. The molecule has 0 saturated heterocycles. The number of hydrogen-bond donors (Lipinski definition) is 0. The van der Waals surface area contributed by atoms with Gasteiger partial charge in [-0.2, -0.15) is 13.2 Å². The van der Waals surface area contributed by atoms with Crippen molar-refractivity contribution in [1.82, 2.24) is 4.98 Å². The molecule has 0 N–H and O–H groups in total. The van der Waals surface area contributed by atoms with Crippen LogP contribution >= 0.6 is 11.6 Å². The largest absolute Gasteiger partial charge is 0.416 e. The highest BCUT2D eigenvalue weighted by Gasteiger charge is 2.30. The van der Waals surface area contributed by atoms with Crippen molar-refractivity contribution >= 4 is 23.2 Å². The minimum Gasteiger partial charge on any atom is -0.311 e. The lowest BCUT2D eigenvalue weighted by Gasteiger charge is -2.17. The summed E-state index contributed by atoms with van der Waals surface area (Å²) >= 11 is 5.83. The van der Waals surface area contributed by atoms with Gasteiger partial charge < -0.3 is 4.90 Å². The molecule has 3 rings (SSSR count). The lowest BCUT2D eigenvalue weighted by atomic mass is 10.0. The Hall–Kier alpha value is -2.86. The monoisotopic (exact) mass is 393 g/mol. The van der Waals surface area contributed by atoms with Gasteiger partial charge in [-0.15, -0.1) is 0 Å². The van der Waals surface area contributed by atoms with Crippen molar-refractivity contribution < 1.29 is 22.1 Å². The maximum Gasteiger partial charge on any atom is 0.416 e. The van der Waals surface area contributed by atoms with E-state index in [2.05, 4.69) is 4.98 Å². The highest BCUT2D eigenvalue weighted by atomic mass is 35.5. The highest BCUT2D eigenvalue weighted by Crippen LogP contribution is 2.31. The van der Waals surface area contributed by atoms with Crippen LogP contribution in [0.3, 0.4) is 0 Å². The number of rotatable bonds is 3. The summed E-state index contributed by atoms with van der Waals surface area (Å²) in [6.07, 6.45) is -1.89. The smallest absolute Gasteiger partial charge is 0.311 e. The molecule has 0 bridgehead atoms. The average Bonchev–Trinajstić information content (AvgIpc) is 2.68. The second kappa shape index (κ2) is 7.40. The molecule has 0 aliphatic carbocycles. The number of alkyl halides is 3. The van der Waals surface area contributed by atoms with E-state index in [4.69, 9.17) is 15.7 Å². The van der Waals surface area contributed by atoms with Crippen LogP contribution in [-0.2, 0) is 6.18 Å². The molecule has 3 nitrogen and oxygen atoms in total. The van der Waals surface area contributed by atoms with Gasteiger partial charge in [-0.05, 0) is 48.0 Å². The summed E-state index contributed by atoms with van der Waals surface area (Å²) in [5.74, 6) is -0.835. The third-order valence-corrected chi connectivity index (χ3v) is 4.07. The number of nitrogens with zero attached hydrogens (tertiary/aromatic N) is 2. The number of carbonyl (C=O) groups excluding carboxylic acids is 1. The van der Waals surface area contributed by atoms with Gasteiger partial charge in [-0.3, -0.25) is 9.78 Å². The van der Waals surface area contributed by atoms with Gasteiger partial charge >= 0.3 is 6.18 Å². The van der Waals surface area contributed by atoms with Gasteiger partial charge in [0.15, 0.2) is 0 Å². The number of pyridine rings is 1. The Bertz CT molecular complexity index is 1050. The van der Waals surface area contributed by atoms with E-state index in [0.717, 1.165) is 12.1 Å². The molecule has 0 spiro atoms. The molecular formula is C20H14ClF3N2O. The van der Waals surface area contributed by atoms with E-state index in [0.29, 0.717) is 21.0 Å². The first-order valence-corrected chi connectivity index (χ1v) is 8.07. The zero-order valence-electron chi connectivity index (χ0n) is 16.7. The molecule has 27 heavy (non-hydrogen) atoms. The predicted molar refractivity (Wildman–Crippen MR) is 98.9 cm³/mol. The fourth-order valence-electron chi connectivity index (χ4n) is 2.40. The molecule has 0 radical (unpaired) electrons. The zero-order valence-corrected chi connectivity index (χ0v) is 14.4. The van der Waals surface area contributed by atoms with Gasteiger partial charge in [-0.1, -0.05) is 23.7 Å². The number of carbonyl (C=O) groups is 1. The Morgan fingerprint density at radius 3 is 2.30 bits per heavy atom. The van der Waals surface area contributed by atoms with Crippen LogP contribution in [0.25, 0.3) is 11.1 Å². The van der Waals surface area contributed by atoms with Gasteiger partial charge in [0.05, 0.1) is 11.1 Å². The first kappa shape index (κ1) is 15.2. The van der Waals surface area contributed by atoms with Gasteiger partial charge in [-0.25, -0.2) is 0 Å². The number of halogens is 4. The number of amides is 1. The lowest BCUT2D eigenvalue weighted by Crippen LogP contribution is -2.26. The van der Waals surface area contributed by atoms with E-state index in [1.54, 1.807) is 0 Å². The van der Waals surface area contributed by atoms with E-state index in [9.17, 15) is 18.0 Å². The first-order valence-electron chi connectivity index (χ1n) is 9.19. The van der Waals surface area contributed by atoms with E-state index >= 15 is 0 Å². The van der Waals surface area contributed by atoms with Crippen LogP contribution in [0, 0.1) is 0 Å². The number of aromatic nitrogens is 1. The Balaban J connectivity index is 1.97. The highest BCUT2D eigenvalue weighted by molar-refractivity contribution is 6.30. The van der Waals surface area contributed by atoms with Gasteiger partial charge in [0.1, 0.15) is 0 Å². The Labute approximate surface area is 163 Å². The van der Waals surface area contributed by atoms with Crippen molar-refractivity contribution in [1.29, 1.82) is 0 Å². The predicted octanol–water partition coefficient (Wildman–Crippen LogP) is 5.70. The van der Waals surface area contributed by atoms with Crippen molar-refractivity contribution in [2.45, 2.75) is 6.18 Å². The summed E-state index contributed by atoms with van der Waals surface area (Å²) in [5, 5.41) is 0.377. The molecule has 1 amide bonds. The Kier molecular flexibility index (Phi) is 4.17. The van der Waals surface area contributed by atoms with Crippen LogP contribution in [0.15, 0.2) is 67.0 Å². The van der Waals surface area contributed by atoms with E-state index < -0.39 is 24.6 Å². The van der Waals surface area contributed by atoms with Crippen LogP contribution in [0.5, 0.6) is 0 Å². The molecule has 2 aromatic carbocycles. The van der Waals surface area contributed by atoms with Gasteiger partial charge in [0.2, 0.25) is 0 Å². The van der Waals surface area contributed by atoms with Crippen molar-refractivity contribution in [3.63, 3.8) is 0 Å². The fourth-order valence-corrected chi connectivity index (χ4v) is 2.53. The summed E-state index contributed by atoms with van der Waals surface area (Å²) in [5.41, 5.74) is 0.0545. The molecule has 0 unspecified atom stereocenters. The molecule has 0 saturated carbocycles.